The summed E-state index contributed by atoms with van der Waals surface area (Å²) in [7, 11) is 0. The average molecular weight is 619 g/mol. The van der Waals surface area contributed by atoms with Crippen molar-refractivity contribution >= 4 is 0 Å². The SMILES string of the molecule is CC[C@H](CC[C@@H](C)C1CC[C@@]2(C)C3CC=C4C(CC[C@H](O[C@@H]5O[C@H](CO)C[C@H](O)[C@H]5O)C4(C)C)[C@]3(C)CC[C@]12C)C(C)(C)O. The summed E-state index contributed by atoms with van der Waals surface area (Å²) in [6, 6.07) is 0. The van der Waals surface area contributed by atoms with Crippen molar-refractivity contribution in [3.8, 4) is 0 Å². The maximum Gasteiger partial charge on any atom is 0.186 e. The molecule has 4 aliphatic carbocycles. The Morgan fingerprint density at radius 3 is 2.34 bits per heavy atom. The highest BCUT2D eigenvalue weighted by molar-refractivity contribution is 5.30. The van der Waals surface area contributed by atoms with Crippen LogP contribution in [0.2, 0.25) is 0 Å². The first-order valence-electron chi connectivity index (χ1n) is 18.1. The molecule has 1 aliphatic heterocycles. The number of ether oxygens (including phenoxy) is 2. The molecule has 0 aromatic rings. The molecule has 4 fully saturated rings. The molecule has 0 bridgehead atoms. The molecule has 3 unspecified atom stereocenters. The second-order valence-corrected chi connectivity index (χ2v) is 17.8. The molecule has 44 heavy (non-hydrogen) atoms. The molecule has 4 N–H and O–H groups in total. The molecule has 3 saturated carbocycles. The van der Waals surface area contributed by atoms with Gasteiger partial charge in [-0.25, -0.2) is 0 Å². The predicted octanol–water partition coefficient (Wildman–Crippen LogP) is 7.02. The summed E-state index contributed by atoms with van der Waals surface area (Å²) in [4.78, 5) is 0. The third-order valence-electron chi connectivity index (χ3n) is 15.0. The van der Waals surface area contributed by atoms with Crippen molar-refractivity contribution in [3.05, 3.63) is 11.6 Å². The third-order valence-corrected chi connectivity index (χ3v) is 15.0. The molecular formula is C38H66O6. The van der Waals surface area contributed by atoms with Crippen LogP contribution in [0.5, 0.6) is 0 Å². The van der Waals surface area contributed by atoms with Gasteiger partial charge in [-0.3, -0.25) is 0 Å². The summed E-state index contributed by atoms with van der Waals surface area (Å²) in [5.74, 6) is 2.96. The second kappa shape index (κ2) is 12.2. The van der Waals surface area contributed by atoms with Crippen LogP contribution in [0.1, 0.15) is 133 Å². The molecule has 0 radical (unpaired) electrons. The van der Waals surface area contributed by atoms with Crippen molar-refractivity contribution in [2.24, 2.45) is 51.2 Å². The van der Waals surface area contributed by atoms with Gasteiger partial charge in [0, 0.05) is 11.8 Å². The molecule has 0 aromatic carbocycles. The van der Waals surface area contributed by atoms with Crippen molar-refractivity contribution < 1.29 is 29.9 Å². The van der Waals surface area contributed by atoms with E-state index in [1.165, 1.54) is 37.7 Å². The Morgan fingerprint density at radius 1 is 1.00 bits per heavy atom. The molecule has 5 aliphatic rings. The highest BCUT2D eigenvalue weighted by Crippen LogP contribution is 2.75. The zero-order valence-electron chi connectivity index (χ0n) is 29.4. The average Bonchev–Trinajstić information content (AvgIpc) is 3.22. The predicted molar refractivity (Wildman–Crippen MR) is 175 cm³/mol. The largest absolute Gasteiger partial charge is 0.394 e. The van der Waals surface area contributed by atoms with Gasteiger partial charge in [-0.2, -0.15) is 0 Å². The highest BCUT2D eigenvalue weighted by Gasteiger charge is 2.67. The fourth-order valence-corrected chi connectivity index (χ4v) is 11.9. The lowest BCUT2D eigenvalue weighted by molar-refractivity contribution is -0.296. The topological polar surface area (TPSA) is 99.4 Å². The van der Waals surface area contributed by atoms with Gasteiger partial charge in [-0.05, 0) is 111 Å². The van der Waals surface area contributed by atoms with Gasteiger partial charge in [0.05, 0.1) is 30.5 Å². The van der Waals surface area contributed by atoms with Crippen LogP contribution >= 0.6 is 0 Å². The van der Waals surface area contributed by atoms with Crippen molar-refractivity contribution in [1.29, 1.82) is 0 Å². The van der Waals surface area contributed by atoms with Gasteiger partial charge in [-0.15, -0.1) is 0 Å². The number of hydrogen-bond acceptors (Lipinski definition) is 6. The Hall–Kier alpha value is -0.500. The molecule has 254 valence electrons. The van der Waals surface area contributed by atoms with Gasteiger partial charge in [0.15, 0.2) is 6.29 Å². The second-order valence-electron chi connectivity index (χ2n) is 17.8. The van der Waals surface area contributed by atoms with Crippen LogP contribution in [0.25, 0.3) is 0 Å². The first kappa shape index (κ1) is 34.8. The maximum atomic E-state index is 10.7. The molecule has 1 heterocycles. The van der Waals surface area contributed by atoms with Crippen molar-refractivity contribution in [2.45, 2.75) is 169 Å². The summed E-state index contributed by atoms with van der Waals surface area (Å²) < 4.78 is 12.4. The smallest absolute Gasteiger partial charge is 0.186 e. The van der Waals surface area contributed by atoms with E-state index in [-0.39, 0.29) is 30.0 Å². The van der Waals surface area contributed by atoms with Gasteiger partial charge in [-0.1, -0.05) is 73.0 Å². The molecule has 0 aromatic heterocycles. The maximum absolute atomic E-state index is 10.7. The van der Waals surface area contributed by atoms with Crippen LogP contribution in [0.15, 0.2) is 11.6 Å². The summed E-state index contributed by atoms with van der Waals surface area (Å²) in [6.07, 6.45) is 10.8. The third kappa shape index (κ3) is 5.57. The first-order valence-corrected chi connectivity index (χ1v) is 18.1. The molecule has 0 amide bonds. The van der Waals surface area contributed by atoms with E-state index in [0.717, 1.165) is 38.0 Å². The van der Waals surface area contributed by atoms with E-state index < -0.39 is 30.2 Å². The van der Waals surface area contributed by atoms with Crippen LogP contribution < -0.4 is 0 Å². The number of rotatable bonds is 9. The van der Waals surface area contributed by atoms with Crippen molar-refractivity contribution in [2.75, 3.05) is 6.61 Å². The number of aliphatic hydroxyl groups is 4. The summed E-state index contributed by atoms with van der Waals surface area (Å²) in [6.45, 7) is 21.0. The Kier molecular flexibility index (Phi) is 9.65. The Morgan fingerprint density at radius 2 is 1.70 bits per heavy atom. The monoisotopic (exact) mass is 618 g/mol. The Labute approximate surface area is 268 Å². The summed E-state index contributed by atoms with van der Waals surface area (Å²) >= 11 is 0. The van der Waals surface area contributed by atoms with Crippen LogP contribution in [0, 0.1) is 51.2 Å². The number of aliphatic hydroxyl groups excluding tert-OH is 3. The first-order chi connectivity index (χ1) is 20.4. The Balaban J connectivity index is 1.33. The van der Waals surface area contributed by atoms with E-state index in [0.29, 0.717) is 34.5 Å². The normalized spacial score (nSPS) is 46.8. The highest BCUT2D eigenvalue weighted by atomic mass is 16.7. The van der Waals surface area contributed by atoms with Crippen LogP contribution in [0.4, 0.5) is 0 Å². The Bertz CT molecular complexity index is 1050. The summed E-state index contributed by atoms with van der Waals surface area (Å²) in [5.41, 5.74) is 1.62. The van der Waals surface area contributed by atoms with E-state index in [1.54, 1.807) is 0 Å². The minimum atomic E-state index is -1.11. The van der Waals surface area contributed by atoms with Gasteiger partial charge >= 0.3 is 0 Å². The molecule has 5 rings (SSSR count). The number of fused-ring (bicyclic) bond motifs is 5. The quantitative estimate of drug-likeness (QED) is 0.207. The van der Waals surface area contributed by atoms with E-state index in [9.17, 15) is 20.4 Å². The standard InChI is InChI=1S/C38H66O6/c1-10-24(35(5,6)42)12-11-23(2)26-17-18-38(9)30-15-13-27-28(36(30,7)19-20-37(26,38)8)14-16-31(34(27,3)4)44-33-32(41)29(40)21-25(22-39)43-33/h13,23-26,28-33,39-42H,10-12,14-22H2,1-9H3/t23-,24-,25+,26?,28?,29+,30?,31+,32-,33+,36+,37-,38+/m1/s1. The molecule has 6 heteroatoms. The molecular weight excluding hydrogens is 552 g/mol. The van der Waals surface area contributed by atoms with E-state index in [2.05, 4.69) is 54.5 Å². The van der Waals surface area contributed by atoms with Crippen molar-refractivity contribution in [3.63, 3.8) is 0 Å². The van der Waals surface area contributed by atoms with Crippen molar-refractivity contribution in [1.82, 2.24) is 0 Å². The lowest BCUT2D eigenvalue weighted by Gasteiger charge is -2.66. The van der Waals surface area contributed by atoms with Crippen LogP contribution in [0.3, 0.4) is 0 Å². The van der Waals surface area contributed by atoms with Crippen LogP contribution in [-0.4, -0.2) is 63.3 Å². The van der Waals surface area contributed by atoms with E-state index in [4.69, 9.17) is 9.47 Å². The van der Waals surface area contributed by atoms with Gasteiger partial charge < -0.3 is 29.9 Å². The molecule has 6 nitrogen and oxygen atoms in total. The van der Waals surface area contributed by atoms with E-state index in [1.807, 2.05) is 13.8 Å². The van der Waals surface area contributed by atoms with Gasteiger partial charge in [0.25, 0.3) is 0 Å². The lowest BCUT2D eigenvalue weighted by Crippen LogP contribution is -2.60. The zero-order chi connectivity index (χ0) is 32.5. The minimum absolute atomic E-state index is 0.119. The molecule has 0 spiro atoms. The van der Waals surface area contributed by atoms with Gasteiger partial charge in [0.1, 0.15) is 6.10 Å². The minimum Gasteiger partial charge on any atom is -0.394 e. The zero-order valence-corrected chi connectivity index (χ0v) is 29.4. The van der Waals surface area contributed by atoms with Gasteiger partial charge in [0.2, 0.25) is 0 Å². The number of hydrogen-bond donors (Lipinski definition) is 4. The van der Waals surface area contributed by atoms with E-state index >= 15 is 0 Å². The van der Waals surface area contributed by atoms with Crippen LogP contribution in [-0.2, 0) is 9.47 Å². The summed E-state index contributed by atoms with van der Waals surface area (Å²) in [5, 5.41) is 41.4. The lowest BCUT2D eigenvalue weighted by atomic mass is 9.39. The molecule has 1 saturated heterocycles. The molecule has 13 atom stereocenters. The fraction of sp³-hybridized carbons (Fsp3) is 0.947. The number of allylic oxidation sites excluding steroid dienone is 1. The fourth-order valence-electron chi connectivity index (χ4n) is 11.9.